The quantitative estimate of drug-likeness (QED) is 0.576. The van der Waals surface area contributed by atoms with Crippen LogP contribution in [0.3, 0.4) is 0 Å². The van der Waals surface area contributed by atoms with Gasteiger partial charge in [0.25, 0.3) is 0 Å². The van der Waals surface area contributed by atoms with Crippen molar-refractivity contribution in [3.63, 3.8) is 0 Å². The lowest BCUT2D eigenvalue weighted by Crippen LogP contribution is -2.34. The first kappa shape index (κ1) is 21.4. The minimum Gasteiger partial charge on any atom is -0.497 e. The summed E-state index contributed by atoms with van der Waals surface area (Å²) in [7, 11) is 3.62. The summed E-state index contributed by atoms with van der Waals surface area (Å²) in [5.41, 5.74) is 1.87. The Morgan fingerprint density at radius 2 is 1.80 bits per heavy atom. The Balaban J connectivity index is 1.77. The molecule has 9 heteroatoms. The summed E-state index contributed by atoms with van der Waals surface area (Å²) in [4.78, 5) is 19.1. The molecule has 2 heterocycles. The first-order valence-corrected chi connectivity index (χ1v) is 9.76. The summed E-state index contributed by atoms with van der Waals surface area (Å²) in [5, 5.41) is 14.9. The lowest BCUT2D eigenvalue weighted by atomic mass is 9.99. The van der Waals surface area contributed by atoms with Crippen molar-refractivity contribution in [2.24, 2.45) is 0 Å². The number of hydrogen-bond donors (Lipinski definition) is 1. The highest BCUT2D eigenvalue weighted by atomic mass is 16.5. The number of carbonyl (C=O) groups excluding carboxylic acids is 1. The fourth-order valence-corrected chi connectivity index (χ4v) is 2.92. The number of amides is 1. The van der Waals surface area contributed by atoms with Crippen LogP contribution in [0.4, 0.5) is 0 Å². The summed E-state index contributed by atoms with van der Waals surface area (Å²) in [6.45, 7) is 4.78. The van der Waals surface area contributed by atoms with E-state index < -0.39 is 0 Å². The number of ether oxygens (including phenoxy) is 1. The number of carbonyl (C=O) groups is 1. The van der Waals surface area contributed by atoms with Crippen molar-refractivity contribution in [1.82, 2.24) is 35.4 Å². The molecule has 0 saturated heterocycles. The zero-order valence-corrected chi connectivity index (χ0v) is 17.7. The van der Waals surface area contributed by atoms with Gasteiger partial charge in [0.2, 0.25) is 5.91 Å². The Morgan fingerprint density at radius 3 is 2.43 bits per heavy atom. The van der Waals surface area contributed by atoms with E-state index in [0.717, 1.165) is 16.9 Å². The van der Waals surface area contributed by atoms with Crippen molar-refractivity contribution in [3.8, 4) is 5.75 Å². The molecule has 3 rings (SSSR count). The van der Waals surface area contributed by atoms with Crippen molar-refractivity contribution >= 4 is 5.91 Å². The highest BCUT2D eigenvalue weighted by molar-refractivity contribution is 5.76. The van der Waals surface area contributed by atoms with Crippen LogP contribution >= 0.6 is 0 Å². The molecule has 0 aliphatic carbocycles. The normalized spacial score (nSPS) is 12.2. The second kappa shape index (κ2) is 9.93. The number of tetrazole rings is 1. The third-order valence-electron chi connectivity index (χ3n) is 4.97. The molecule has 9 nitrogen and oxygen atoms in total. The molecule has 1 N–H and O–H groups in total. The molecule has 0 radical (unpaired) electrons. The van der Waals surface area contributed by atoms with Gasteiger partial charge in [0.15, 0.2) is 5.82 Å². The number of pyridine rings is 1. The average molecular weight is 409 g/mol. The summed E-state index contributed by atoms with van der Waals surface area (Å²) < 4.78 is 6.77. The highest BCUT2D eigenvalue weighted by Crippen LogP contribution is 2.24. The zero-order valence-electron chi connectivity index (χ0n) is 17.7. The van der Waals surface area contributed by atoms with Crippen LogP contribution in [0.25, 0.3) is 0 Å². The second-order valence-corrected chi connectivity index (χ2v) is 7.32. The summed E-state index contributed by atoms with van der Waals surface area (Å²) in [6, 6.07) is 11.4. The second-order valence-electron chi connectivity index (χ2n) is 7.32. The van der Waals surface area contributed by atoms with Gasteiger partial charge in [-0.05, 0) is 66.7 Å². The third kappa shape index (κ3) is 5.38. The van der Waals surface area contributed by atoms with Crippen LogP contribution < -0.4 is 10.1 Å². The Bertz CT molecular complexity index is 942. The van der Waals surface area contributed by atoms with Crippen molar-refractivity contribution in [2.45, 2.75) is 39.0 Å². The predicted molar refractivity (Wildman–Crippen MR) is 112 cm³/mol. The van der Waals surface area contributed by atoms with Gasteiger partial charge in [-0.3, -0.25) is 14.7 Å². The van der Waals surface area contributed by atoms with E-state index in [1.165, 1.54) is 4.68 Å². The standard InChI is InChI=1S/C21H27N7O2/c1-15(2)27(3)13-19-24-25-26-28(19)14-20(29)23-21(17-9-11-22-12-10-17)16-5-7-18(30-4)8-6-16/h5-12,15,21H,13-14H2,1-4H3,(H,23,29)/t21-/m1/s1. The topological polar surface area (TPSA) is 98.1 Å². The Hall–Kier alpha value is -3.33. The van der Waals surface area contributed by atoms with E-state index >= 15 is 0 Å². The molecule has 1 aromatic carbocycles. The van der Waals surface area contributed by atoms with Crippen molar-refractivity contribution in [3.05, 3.63) is 65.7 Å². The Morgan fingerprint density at radius 1 is 1.13 bits per heavy atom. The lowest BCUT2D eigenvalue weighted by molar-refractivity contribution is -0.122. The van der Waals surface area contributed by atoms with E-state index in [1.54, 1.807) is 19.5 Å². The molecule has 0 aliphatic rings. The minimum absolute atomic E-state index is 0.0337. The van der Waals surface area contributed by atoms with Gasteiger partial charge in [0.1, 0.15) is 12.3 Å². The smallest absolute Gasteiger partial charge is 0.242 e. The molecule has 3 aromatic rings. The molecular formula is C21H27N7O2. The molecule has 0 aliphatic heterocycles. The van der Waals surface area contributed by atoms with Gasteiger partial charge in [0.05, 0.1) is 19.7 Å². The summed E-state index contributed by atoms with van der Waals surface area (Å²) in [6.07, 6.45) is 3.42. The van der Waals surface area contributed by atoms with Gasteiger partial charge in [-0.15, -0.1) is 5.10 Å². The van der Waals surface area contributed by atoms with E-state index in [1.807, 2.05) is 43.4 Å². The molecule has 30 heavy (non-hydrogen) atoms. The van der Waals surface area contributed by atoms with Crippen LogP contribution in [-0.4, -0.2) is 56.2 Å². The van der Waals surface area contributed by atoms with E-state index in [9.17, 15) is 4.79 Å². The van der Waals surface area contributed by atoms with Crippen LogP contribution in [0.2, 0.25) is 0 Å². The third-order valence-corrected chi connectivity index (χ3v) is 4.97. The van der Waals surface area contributed by atoms with E-state index in [-0.39, 0.29) is 18.5 Å². The van der Waals surface area contributed by atoms with Crippen molar-refractivity contribution in [1.29, 1.82) is 0 Å². The van der Waals surface area contributed by atoms with Gasteiger partial charge >= 0.3 is 0 Å². The summed E-state index contributed by atoms with van der Waals surface area (Å²) >= 11 is 0. The maximum atomic E-state index is 12.9. The maximum Gasteiger partial charge on any atom is 0.242 e. The molecule has 0 bridgehead atoms. The van der Waals surface area contributed by atoms with Gasteiger partial charge in [-0.1, -0.05) is 12.1 Å². The monoisotopic (exact) mass is 409 g/mol. The first-order valence-electron chi connectivity index (χ1n) is 9.76. The number of benzene rings is 1. The molecular weight excluding hydrogens is 382 g/mol. The van der Waals surface area contributed by atoms with Crippen LogP contribution in [-0.2, 0) is 17.9 Å². The number of aromatic nitrogens is 5. The van der Waals surface area contributed by atoms with Gasteiger partial charge in [-0.25, -0.2) is 4.68 Å². The van der Waals surface area contributed by atoms with Crippen molar-refractivity contribution < 1.29 is 9.53 Å². The first-order chi connectivity index (χ1) is 14.5. The van der Waals surface area contributed by atoms with E-state index in [4.69, 9.17) is 4.74 Å². The maximum absolute atomic E-state index is 12.9. The van der Waals surface area contributed by atoms with E-state index in [0.29, 0.717) is 18.4 Å². The lowest BCUT2D eigenvalue weighted by Gasteiger charge is -2.21. The van der Waals surface area contributed by atoms with Gasteiger partial charge in [0, 0.05) is 18.4 Å². The molecule has 0 fully saturated rings. The minimum atomic E-state index is -0.329. The Labute approximate surface area is 176 Å². The van der Waals surface area contributed by atoms with E-state index in [2.05, 4.69) is 44.6 Å². The number of rotatable bonds is 9. The Kier molecular flexibility index (Phi) is 7.08. The summed E-state index contributed by atoms with van der Waals surface area (Å²) in [5.74, 6) is 1.21. The predicted octanol–water partition coefficient (Wildman–Crippen LogP) is 1.82. The van der Waals surface area contributed by atoms with Crippen LogP contribution in [0.15, 0.2) is 48.8 Å². The number of hydrogen-bond acceptors (Lipinski definition) is 7. The van der Waals surface area contributed by atoms with Gasteiger partial charge in [-0.2, -0.15) is 0 Å². The molecule has 0 unspecified atom stereocenters. The SMILES string of the molecule is COc1ccc([C@@H](NC(=O)Cn2nnnc2CN(C)C(C)C)c2ccncc2)cc1. The van der Waals surface area contributed by atoms with Crippen molar-refractivity contribution in [2.75, 3.05) is 14.2 Å². The van der Waals surface area contributed by atoms with Gasteiger partial charge < -0.3 is 10.1 Å². The zero-order chi connectivity index (χ0) is 21.5. The number of nitrogens with zero attached hydrogens (tertiary/aromatic N) is 6. The molecule has 0 spiro atoms. The fraction of sp³-hybridized carbons (Fsp3) is 0.381. The highest BCUT2D eigenvalue weighted by Gasteiger charge is 2.19. The average Bonchev–Trinajstić information content (AvgIpc) is 3.19. The number of nitrogens with one attached hydrogen (secondary N) is 1. The van der Waals surface area contributed by atoms with Crippen LogP contribution in [0.5, 0.6) is 5.75 Å². The van der Waals surface area contributed by atoms with Crippen LogP contribution in [0.1, 0.15) is 36.8 Å². The molecule has 1 atom stereocenters. The molecule has 0 saturated carbocycles. The molecule has 1 amide bonds. The molecule has 2 aromatic heterocycles. The molecule has 158 valence electrons. The fourth-order valence-electron chi connectivity index (χ4n) is 2.92. The van der Waals surface area contributed by atoms with Crippen LogP contribution in [0, 0.1) is 0 Å². The number of methoxy groups -OCH3 is 1. The largest absolute Gasteiger partial charge is 0.497 e.